The number of hydrogen-bond acceptors (Lipinski definition) is 4. The lowest BCUT2D eigenvalue weighted by Crippen LogP contribution is -2.24. The van der Waals surface area contributed by atoms with Crippen molar-refractivity contribution in [1.29, 1.82) is 0 Å². The van der Waals surface area contributed by atoms with E-state index in [1.807, 2.05) is 0 Å². The molecular weight excluding hydrogens is 325 g/mol. The smallest absolute Gasteiger partial charge is 0.258 e. The molecule has 0 spiro atoms. The minimum Gasteiger partial charge on any atom is -0.312 e. The number of rotatable bonds is 3. The van der Waals surface area contributed by atoms with Gasteiger partial charge < -0.3 is 4.90 Å². The van der Waals surface area contributed by atoms with Gasteiger partial charge in [0.2, 0.25) is 11.9 Å². The highest BCUT2D eigenvalue weighted by Crippen LogP contribution is 2.22. The zero-order chi connectivity index (χ0) is 17.4. The number of nitrogens with one attached hydrogen (secondary N) is 1. The van der Waals surface area contributed by atoms with Gasteiger partial charge in [-0.25, -0.2) is 8.91 Å². The number of carbonyl (C=O) groups is 2. The first kappa shape index (κ1) is 15.3. The zero-order valence-electron chi connectivity index (χ0n) is 13.1. The van der Waals surface area contributed by atoms with Gasteiger partial charge in [0.1, 0.15) is 5.82 Å². The second kappa shape index (κ2) is 5.97. The zero-order valence-corrected chi connectivity index (χ0v) is 13.1. The summed E-state index contributed by atoms with van der Waals surface area (Å²) >= 11 is 0. The van der Waals surface area contributed by atoms with Gasteiger partial charge in [-0.3, -0.25) is 14.9 Å². The second-order valence-corrected chi connectivity index (χ2v) is 5.74. The number of anilines is 2. The van der Waals surface area contributed by atoms with Crippen molar-refractivity contribution in [3.8, 4) is 0 Å². The van der Waals surface area contributed by atoms with Crippen LogP contribution in [0.4, 0.5) is 16.0 Å². The Labute approximate surface area is 142 Å². The van der Waals surface area contributed by atoms with Gasteiger partial charge in [-0.15, -0.1) is 5.10 Å². The van der Waals surface area contributed by atoms with Crippen LogP contribution in [0.5, 0.6) is 0 Å². The van der Waals surface area contributed by atoms with Gasteiger partial charge in [0.15, 0.2) is 5.65 Å². The molecule has 126 valence electrons. The summed E-state index contributed by atoms with van der Waals surface area (Å²) in [4.78, 5) is 30.1. The third-order valence-corrected chi connectivity index (χ3v) is 4.01. The molecule has 0 radical (unpaired) electrons. The lowest BCUT2D eigenvalue weighted by Gasteiger charge is -2.16. The first-order valence-electron chi connectivity index (χ1n) is 7.84. The van der Waals surface area contributed by atoms with E-state index in [9.17, 15) is 14.0 Å². The molecule has 25 heavy (non-hydrogen) atoms. The number of carbonyl (C=O) groups excluding carboxylic acids is 2. The summed E-state index contributed by atoms with van der Waals surface area (Å²) in [6, 6.07) is 9.57. The fourth-order valence-corrected chi connectivity index (χ4v) is 2.82. The molecule has 7 nitrogen and oxygen atoms in total. The maximum absolute atomic E-state index is 13.2. The average molecular weight is 339 g/mol. The summed E-state index contributed by atoms with van der Waals surface area (Å²) in [6.45, 7) is 0.656. The molecule has 2 amide bonds. The lowest BCUT2D eigenvalue weighted by atomic mass is 10.2. The molecule has 3 aromatic rings. The first-order valence-corrected chi connectivity index (χ1v) is 7.84. The van der Waals surface area contributed by atoms with Crippen molar-refractivity contribution < 1.29 is 14.0 Å². The van der Waals surface area contributed by atoms with Crippen LogP contribution in [0.25, 0.3) is 5.65 Å². The molecule has 1 aromatic carbocycles. The average Bonchev–Trinajstić information content (AvgIpc) is 3.20. The fraction of sp³-hybridized carbons (Fsp3) is 0.176. The van der Waals surface area contributed by atoms with Crippen LogP contribution >= 0.6 is 0 Å². The van der Waals surface area contributed by atoms with Gasteiger partial charge in [0.05, 0.1) is 6.20 Å². The van der Waals surface area contributed by atoms with E-state index < -0.39 is 11.7 Å². The van der Waals surface area contributed by atoms with Crippen molar-refractivity contribution in [2.24, 2.45) is 0 Å². The molecule has 1 N–H and O–H groups in total. The first-order chi connectivity index (χ1) is 12.1. The Morgan fingerprint density at radius 2 is 2.12 bits per heavy atom. The highest BCUT2D eigenvalue weighted by molar-refractivity contribution is 6.05. The maximum atomic E-state index is 13.2. The molecular formula is C17H14FN5O2. The van der Waals surface area contributed by atoms with Crippen molar-refractivity contribution in [1.82, 2.24) is 14.6 Å². The molecule has 4 rings (SSSR count). The number of fused-ring (bicyclic) bond motifs is 1. The van der Waals surface area contributed by atoms with E-state index in [2.05, 4.69) is 15.4 Å². The third-order valence-electron chi connectivity index (χ3n) is 4.01. The Morgan fingerprint density at radius 3 is 2.92 bits per heavy atom. The van der Waals surface area contributed by atoms with Gasteiger partial charge in [-0.05, 0) is 36.8 Å². The SMILES string of the molecule is O=C(Nc1nc2ccc(F)cn2n1)c1cccc(N2CCCC2=O)c1. The Hall–Kier alpha value is -3.29. The van der Waals surface area contributed by atoms with Crippen LogP contribution in [0.2, 0.25) is 0 Å². The lowest BCUT2D eigenvalue weighted by molar-refractivity contribution is -0.117. The molecule has 0 saturated carbocycles. The predicted octanol–water partition coefficient (Wildman–Crippen LogP) is 2.25. The minimum absolute atomic E-state index is 0.0570. The molecule has 1 fully saturated rings. The molecule has 1 aliphatic rings. The van der Waals surface area contributed by atoms with Crippen LogP contribution < -0.4 is 10.2 Å². The van der Waals surface area contributed by atoms with Crippen LogP contribution in [-0.2, 0) is 4.79 Å². The Kier molecular flexibility index (Phi) is 3.64. The van der Waals surface area contributed by atoms with E-state index in [0.717, 1.165) is 6.42 Å². The highest BCUT2D eigenvalue weighted by atomic mass is 19.1. The standard InChI is InChI=1S/C17H14FN5O2/c18-12-6-7-14-19-17(21-23(14)10-12)20-16(25)11-3-1-4-13(9-11)22-8-2-5-15(22)24/h1,3-4,6-7,9-10H,2,5,8H2,(H,20,21,25). The Morgan fingerprint density at radius 1 is 1.24 bits per heavy atom. The van der Waals surface area contributed by atoms with Gasteiger partial charge in [-0.2, -0.15) is 4.98 Å². The van der Waals surface area contributed by atoms with Crippen molar-refractivity contribution in [3.63, 3.8) is 0 Å². The predicted molar refractivity (Wildman–Crippen MR) is 88.9 cm³/mol. The van der Waals surface area contributed by atoms with Gasteiger partial charge in [-0.1, -0.05) is 6.07 Å². The van der Waals surface area contributed by atoms with Crippen LogP contribution in [0.1, 0.15) is 23.2 Å². The van der Waals surface area contributed by atoms with Gasteiger partial charge in [0, 0.05) is 24.2 Å². The van der Waals surface area contributed by atoms with Crippen molar-refractivity contribution in [2.45, 2.75) is 12.8 Å². The van der Waals surface area contributed by atoms with Crippen molar-refractivity contribution >= 4 is 29.1 Å². The number of aromatic nitrogens is 3. The van der Waals surface area contributed by atoms with Crippen LogP contribution in [0.15, 0.2) is 42.6 Å². The molecule has 1 saturated heterocycles. The summed E-state index contributed by atoms with van der Waals surface area (Å²) in [5.41, 5.74) is 1.51. The molecule has 0 atom stereocenters. The van der Waals surface area contributed by atoms with Gasteiger partial charge >= 0.3 is 0 Å². The molecule has 0 unspecified atom stereocenters. The molecule has 2 aromatic heterocycles. The third kappa shape index (κ3) is 2.93. The molecule has 0 aliphatic carbocycles. The number of amides is 2. The summed E-state index contributed by atoms with van der Waals surface area (Å²) in [5.74, 6) is -0.706. The Balaban J connectivity index is 1.56. The van der Waals surface area contributed by atoms with E-state index in [1.54, 1.807) is 29.2 Å². The van der Waals surface area contributed by atoms with E-state index in [0.29, 0.717) is 29.9 Å². The van der Waals surface area contributed by atoms with E-state index in [1.165, 1.54) is 22.8 Å². The van der Waals surface area contributed by atoms with Crippen LogP contribution in [0, 0.1) is 5.82 Å². The molecule has 1 aliphatic heterocycles. The van der Waals surface area contributed by atoms with Crippen molar-refractivity contribution in [2.75, 3.05) is 16.8 Å². The largest absolute Gasteiger partial charge is 0.312 e. The van der Waals surface area contributed by atoms with Crippen molar-refractivity contribution in [3.05, 3.63) is 54.0 Å². The number of hydrogen-bond donors (Lipinski definition) is 1. The second-order valence-electron chi connectivity index (χ2n) is 5.74. The quantitative estimate of drug-likeness (QED) is 0.794. The number of nitrogens with zero attached hydrogens (tertiary/aromatic N) is 4. The fourth-order valence-electron chi connectivity index (χ4n) is 2.82. The molecule has 3 heterocycles. The number of halogens is 1. The summed E-state index contributed by atoms with van der Waals surface area (Å²) < 4.78 is 14.4. The number of pyridine rings is 1. The van der Waals surface area contributed by atoms with Crippen LogP contribution in [-0.4, -0.2) is 33.0 Å². The topological polar surface area (TPSA) is 79.6 Å². The molecule has 0 bridgehead atoms. The maximum Gasteiger partial charge on any atom is 0.258 e. The van der Waals surface area contributed by atoms with Gasteiger partial charge in [0.25, 0.3) is 5.91 Å². The van der Waals surface area contributed by atoms with E-state index in [4.69, 9.17) is 0 Å². The minimum atomic E-state index is -0.446. The monoisotopic (exact) mass is 339 g/mol. The number of benzene rings is 1. The molecule has 8 heteroatoms. The normalized spacial score (nSPS) is 14.3. The van der Waals surface area contributed by atoms with E-state index in [-0.39, 0.29) is 11.9 Å². The summed E-state index contributed by atoms with van der Waals surface area (Å²) in [6.07, 6.45) is 2.52. The summed E-state index contributed by atoms with van der Waals surface area (Å²) in [5, 5.41) is 6.61. The Bertz CT molecular complexity index is 984. The van der Waals surface area contributed by atoms with E-state index >= 15 is 0 Å². The van der Waals surface area contributed by atoms with Crippen LogP contribution in [0.3, 0.4) is 0 Å². The highest BCUT2D eigenvalue weighted by Gasteiger charge is 2.22. The summed E-state index contributed by atoms with van der Waals surface area (Å²) in [7, 11) is 0.